The number of amides is 6. The Morgan fingerprint density at radius 1 is 0.837 bits per heavy atom. The Hall–Kier alpha value is -6.90. The van der Waals surface area contributed by atoms with E-state index in [1.807, 2.05) is 25.1 Å². The van der Waals surface area contributed by atoms with Crippen LogP contribution in [0.5, 0.6) is 5.75 Å². The SMILES string of the molecule is CN(CCN(C)C(=O)OCc1ccc(O[C@@H]2OC[C@@H](O)[C@H](O)[C@H]2O)c(NC(=O)CCNC(=O)CCN2C(=O)C=CC2=O)c1)C(=O)OCC(=O)[C@@]12O[C@H](c3ccc(CC45CC(N)(C4)C5)cc3)O[C@@H]1C[C@H]1[C@@H]3CCC4=CC(=O)C=C[C@]4(C)[C@H]3[C@@H](O)C[C@@]12C. The third-order valence-electron chi connectivity index (χ3n) is 19.9. The molecule has 2 saturated heterocycles. The minimum atomic E-state index is -1.68. The van der Waals surface area contributed by atoms with Gasteiger partial charge in [0.25, 0.3) is 11.8 Å². The van der Waals surface area contributed by atoms with E-state index in [-0.39, 0.29) is 105 Å². The molecule has 24 nitrogen and oxygen atoms in total. The average Bonchev–Trinajstić information content (AvgIpc) is 1.34. The van der Waals surface area contributed by atoms with Gasteiger partial charge in [-0.3, -0.25) is 33.7 Å². The monoisotopic (exact) mass is 1190 g/mol. The highest BCUT2D eigenvalue weighted by molar-refractivity contribution is 6.13. The van der Waals surface area contributed by atoms with Crippen LogP contribution in [-0.2, 0) is 65.5 Å². The Morgan fingerprint density at radius 2 is 1.52 bits per heavy atom. The van der Waals surface area contributed by atoms with E-state index >= 15 is 4.79 Å². The minimum absolute atomic E-state index is 0.00396. The number of nitrogens with one attached hydrogen (secondary N) is 2. The third-order valence-corrected chi connectivity index (χ3v) is 19.9. The highest BCUT2D eigenvalue weighted by atomic mass is 16.7. The zero-order valence-corrected chi connectivity index (χ0v) is 48.6. The molecule has 86 heavy (non-hydrogen) atoms. The molecule has 3 aliphatic heterocycles. The van der Waals surface area contributed by atoms with Crippen LogP contribution in [0.2, 0.25) is 0 Å². The Bertz CT molecular complexity index is 3130. The fraction of sp³-hybridized carbons (Fsp3) is 0.581. The molecule has 2 aromatic rings. The number of rotatable bonds is 20. The molecule has 462 valence electrons. The highest BCUT2D eigenvalue weighted by Crippen LogP contribution is 2.71. The first kappa shape index (κ1) is 60.8. The van der Waals surface area contributed by atoms with Gasteiger partial charge in [-0.15, -0.1) is 0 Å². The van der Waals surface area contributed by atoms with Gasteiger partial charge >= 0.3 is 12.2 Å². The van der Waals surface area contributed by atoms with Gasteiger partial charge in [-0.25, -0.2) is 9.59 Å². The van der Waals surface area contributed by atoms with Crippen molar-refractivity contribution in [2.45, 2.75) is 139 Å². The number of imide groups is 1. The molecule has 2 aromatic carbocycles. The summed E-state index contributed by atoms with van der Waals surface area (Å²) in [7, 11) is 2.92. The predicted molar refractivity (Wildman–Crippen MR) is 302 cm³/mol. The molecule has 6 saturated carbocycles. The lowest BCUT2D eigenvalue weighted by atomic mass is 9.38. The van der Waals surface area contributed by atoms with Gasteiger partial charge in [0.05, 0.1) is 24.5 Å². The molecule has 2 bridgehead atoms. The first-order chi connectivity index (χ1) is 40.8. The maximum atomic E-state index is 15.2. The van der Waals surface area contributed by atoms with E-state index in [4.69, 9.17) is 34.2 Å². The number of carbonyl (C=O) groups is 8. The van der Waals surface area contributed by atoms with Gasteiger partial charge in [0.2, 0.25) is 23.9 Å². The third kappa shape index (κ3) is 11.3. The van der Waals surface area contributed by atoms with Crippen LogP contribution in [0.4, 0.5) is 15.3 Å². The maximum Gasteiger partial charge on any atom is 0.409 e. The van der Waals surface area contributed by atoms with E-state index in [0.29, 0.717) is 24.8 Å². The molecular formula is C62H76N6O18. The van der Waals surface area contributed by atoms with Crippen LogP contribution in [0, 0.1) is 34.0 Å². The summed E-state index contributed by atoms with van der Waals surface area (Å²) in [4.78, 5) is 107. The van der Waals surface area contributed by atoms with Crippen LogP contribution in [0.1, 0.15) is 94.6 Å². The van der Waals surface area contributed by atoms with Crippen molar-refractivity contribution in [1.29, 1.82) is 0 Å². The van der Waals surface area contributed by atoms with E-state index in [0.717, 1.165) is 53.9 Å². The van der Waals surface area contributed by atoms with Crippen LogP contribution in [0.25, 0.3) is 0 Å². The second kappa shape index (κ2) is 23.3. The lowest BCUT2D eigenvalue weighted by molar-refractivity contribution is -0.241. The molecule has 6 amide bonds. The van der Waals surface area contributed by atoms with Crippen LogP contribution >= 0.6 is 0 Å². The summed E-state index contributed by atoms with van der Waals surface area (Å²) in [6.07, 6.45) is 2.82. The molecule has 0 aromatic heterocycles. The number of hydrogen-bond donors (Lipinski definition) is 7. The van der Waals surface area contributed by atoms with Gasteiger partial charge in [0.15, 0.2) is 24.3 Å². The lowest BCUT2D eigenvalue weighted by Crippen LogP contribution is -2.72. The number of ketones is 2. The van der Waals surface area contributed by atoms with Gasteiger partial charge < -0.3 is 75.0 Å². The molecule has 8 fully saturated rings. The molecule has 0 radical (unpaired) electrons. The number of benzene rings is 2. The molecule has 10 aliphatic rings. The summed E-state index contributed by atoms with van der Waals surface area (Å²) in [6.45, 7) is 2.40. The van der Waals surface area contributed by atoms with Crippen molar-refractivity contribution in [1.82, 2.24) is 20.0 Å². The molecule has 8 N–H and O–H groups in total. The van der Waals surface area contributed by atoms with Crippen LogP contribution < -0.4 is 21.1 Å². The Morgan fingerprint density at radius 3 is 2.22 bits per heavy atom. The standard InChI is InChI=1S/C62H76N6O18/c1-58-18-15-38(69)24-37(58)10-11-39-40-25-46-62(59(40,2)27-42(70)51(39)58,86-54(85-46)36-8-5-34(6-9-36)26-60-31-61(63,32-60)33-60)45(72)30-83-57(80)67(4)22-21-66(3)56(79)82-28-35-7-12-44(84-55-53(78)52(77)43(71)29-81-55)41(23-35)65-48(74)16-19-64-47(73)17-20-68-49(75)13-14-50(68)76/h5-9,12-15,18,23-24,39-40,42-43,46,51-55,70-71,77-78H,10-11,16-17,19-22,25-33,63H2,1-4H3,(H,64,73)(H,65,74)/t39-,40-,42-,43+,46+,51+,52-,53+,54+,55-,58-,59-,60?,61?,62+/m0/s1. The zero-order chi connectivity index (χ0) is 61.3. The van der Waals surface area contributed by atoms with Gasteiger partial charge in [-0.1, -0.05) is 55.8 Å². The normalized spacial score (nSPS) is 35.2. The molecular weight excluding hydrogens is 1120 g/mol. The van der Waals surface area contributed by atoms with E-state index in [1.54, 1.807) is 12.2 Å². The maximum absolute atomic E-state index is 15.2. The summed E-state index contributed by atoms with van der Waals surface area (Å²) < 4.78 is 36.4. The Labute approximate surface area is 496 Å². The first-order valence-electron chi connectivity index (χ1n) is 29.5. The number of aliphatic hydroxyl groups excluding tert-OH is 4. The smallest absolute Gasteiger partial charge is 0.409 e. The number of carbonyl (C=O) groups excluding carboxylic acids is 8. The molecule has 0 spiro atoms. The Balaban J connectivity index is 0.705. The number of hydrogen-bond acceptors (Lipinski definition) is 19. The number of likely N-dealkylation sites (N-methyl/N-ethyl adjacent to an activating group) is 2. The van der Waals surface area contributed by atoms with E-state index < -0.39 is 108 Å². The minimum Gasteiger partial charge on any atom is -0.460 e. The molecule has 24 heteroatoms. The zero-order valence-electron chi connectivity index (χ0n) is 48.6. The molecule has 3 heterocycles. The van der Waals surface area contributed by atoms with Crippen LogP contribution in [0.3, 0.4) is 0 Å². The number of allylic oxidation sites excluding steroid dienone is 4. The van der Waals surface area contributed by atoms with Gasteiger partial charge in [-0.2, -0.15) is 0 Å². The molecule has 13 atom stereocenters. The van der Waals surface area contributed by atoms with Crippen molar-refractivity contribution in [3.05, 3.63) is 95.1 Å². The predicted octanol–water partition coefficient (Wildman–Crippen LogP) is 2.64. The second-order valence-corrected chi connectivity index (χ2v) is 25.7. The molecule has 7 aliphatic carbocycles. The van der Waals surface area contributed by atoms with Gasteiger partial charge in [-0.05, 0) is 104 Å². The van der Waals surface area contributed by atoms with Crippen molar-refractivity contribution in [2.75, 3.05) is 58.8 Å². The summed E-state index contributed by atoms with van der Waals surface area (Å²) in [5.74, 6) is -3.14. The second-order valence-electron chi connectivity index (χ2n) is 25.7. The van der Waals surface area contributed by atoms with Gasteiger partial charge in [0, 0.05) is 93.1 Å². The molecule has 0 unspecified atom stereocenters. The van der Waals surface area contributed by atoms with Crippen molar-refractivity contribution >= 4 is 53.1 Å². The number of Topliss-reactive ketones (excluding diaryl/α,β-unsaturated/α-hetero) is 1. The van der Waals surface area contributed by atoms with E-state index in [1.165, 1.54) is 47.7 Å². The van der Waals surface area contributed by atoms with Gasteiger partial charge in [0.1, 0.15) is 30.7 Å². The van der Waals surface area contributed by atoms with E-state index in [2.05, 4.69) is 29.7 Å². The summed E-state index contributed by atoms with van der Waals surface area (Å²) in [5, 5.41) is 48.3. The van der Waals surface area contributed by atoms with E-state index in [9.17, 15) is 54.0 Å². The highest BCUT2D eigenvalue weighted by Gasteiger charge is 2.76. The van der Waals surface area contributed by atoms with Crippen LogP contribution in [0.15, 0.2) is 78.4 Å². The largest absolute Gasteiger partial charge is 0.460 e. The number of fused-ring (bicyclic) bond motifs is 7. The summed E-state index contributed by atoms with van der Waals surface area (Å²) >= 11 is 0. The van der Waals surface area contributed by atoms with Crippen molar-refractivity contribution < 1.29 is 87.2 Å². The number of nitrogens with two attached hydrogens (primary N) is 1. The fourth-order valence-corrected chi connectivity index (χ4v) is 15.7. The first-order valence-corrected chi connectivity index (χ1v) is 29.5. The quantitative estimate of drug-likeness (QED) is 0.0937. The van der Waals surface area contributed by atoms with Crippen molar-refractivity contribution in [3.63, 3.8) is 0 Å². The lowest BCUT2D eigenvalue weighted by Gasteiger charge is -2.69. The average molecular weight is 1190 g/mol. The fourth-order valence-electron chi connectivity index (χ4n) is 15.7. The summed E-state index contributed by atoms with van der Waals surface area (Å²) in [6, 6.07) is 12.4. The number of ether oxygens (including phenoxy) is 6. The topological polar surface area (TPSA) is 333 Å². The Kier molecular flexibility index (Phi) is 16.5. The van der Waals surface area contributed by atoms with Crippen LogP contribution in [-0.4, -0.2) is 184 Å². The number of nitrogens with zero attached hydrogens (tertiary/aromatic N) is 3. The van der Waals surface area contributed by atoms with Crippen molar-refractivity contribution in [2.24, 2.45) is 39.7 Å². The number of aliphatic hydroxyl groups is 4. The molecule has 12 rings (SSSR count). The summed E-state index contributed by atoms with van der Waals surface area (Å²) in [5.41, 5.74) is 6.83. The number of anilines is 1. The van der Waals surface area contributed by atoms with Crippen molar-refractivity contribution in [3.8, 4) is 5.75 Å².